The van der Waals surface area contributed by atoms with E-state index in [1.54, 1.807) is 38.3 Å². The topological polar surface area (TPSA) is 117 Å². The van der Waals surface area contributed by atoms with E-state index in [0.717, 1.165) is 28.8 Å². The number of para-hydroxylation sites is 1. The summed E-state index contributed by atoms with van der Waals surface area (Å²) in [5.41, 5.74) is 3.75. The number of halogens is 1. The minimum Gasteiger partial charge on any atom is -0.496 e. The number of aryl methyl sites for hydroxylation is 2. The van der Waals surface area contributed by atoms with Gasteiger partial charge in [0.2, 0.25) is 5.95 Å². The summed E-state index contributed by atoms with van der Waals surface area (Å²) < 4.78 is 48.5. The molecular weight excluding hydrogens is 447 g/mol. The molecule has 176 valence electrons. The lowest BCUT2D eigenvalue weighted by molar-refractivity contribution is 0.408. The smallest absolute Gasteiger partial charge is 0.277 e. The number of aromatic nitrogens is 2. The fourth-order valence-electron chi connectivity index (χ4n) is 3.33. The molecule has 0 aliphatic carbocycles. The van der Waals surface area contributed by atoms with Crippen LogP contribution in [0.2, 0.25) is 0 Å². The molecule has 4 N–H and O–H groups in total. The molecule has 11 heteroatoms. The summed E-state index contributed by atoms with van der Waals surface area (Å²) in [5.74, 6) is 0.305. The first-order valence-corrected chi connectivity index (χ1v) is 11.7. The van der Waals surface area contributed by atoms with Crippen molar-refractivity contribution in [2.24, 2.45) is 0 Å². The number of ether oxygens (including phenoxy) is 1. The number of rotatable bonds is 10. The van der Waals surface area contributed by atoms with Gasteiger partial charge in [0.05, 0.1) is 13.3 Å². The molecular formula is C22H27FN6O3S. The van der Waals surface area contributed by atoms with Crippen molar-refractivity contribution in [2.45, 2.75) is 27.3 Å². The van der Waals surface area contributed by atoms with E-state index >= 15 is 0 Å². The molecule has 0 amide bonds. The molecule has 0 saturated heterocycles. The standard InChI is InChI=1S/C22H27FN6O3S/c1-5-25-33(30,31)26-12-16-8-6-7-9-19(16)28-21-18(23)13-24-22(29-21)27-17-10-14(2)20(32-4)15(3)11-17/h6-11,13,25-26H,5,12H2,1-4H3,(H2,24,27,28,29). The van der Waals surface area contributed by atoms with Crippen LogP contribution in [0.1, 0.15) is 23.6 Å². The zero-order valence-electron chi connectivity index (χ0n) is 18.9. The third kappa shape index (κ3) is 6.37. The highest BCUT2D eigenvalue weighted by molar-refractivity contribution is 7.87. The second-order valence-corrected chi connectivity index (χ2v) is 8.85. The van der Waals surface area contributed by atoms with Gasteiger partial charge < -0.3 is 15.4 Å². The quantitative estimate of drug-likeness (QED) is 0.354. The number of nitrogens with one attached hydrogen (secondary N) is 4. The van der Waals surface area contributed by atoms with Crippen molar-refractivity contribution in [2.75, 3.05) is 24.3 Å². The maximum absolute atomic E-state index is 14.5. The van der Waals surface area contributed by atoms with Crippen molar-refractivity contribution >= 4 is 33.4 Å². The van der Waals surface area contributed by atoms with Crippen LogP contribution in [0.15, 0.2) is 42.6 Å². The molecule has 0 fully saturated rings. The number of nitrogens with zero attached hydrogens (tertiary/aromatic N) is 2. The van der Waals surface area contributed by atoms with Crippen molar-refractivity contribution in [3.8, 4) is 5.75 Å². The van der Waals surface area contributed by atoms with Crippen LogP contribution in [0, 0.1) is 19.7 Å². The highest BCUT2D eigenvalue weighted by Gasteiger charge is 2.13. The molecule has 3 rings (SSSR count). The van der Waals surface area contributed by atoms with Crippen molar-refractivity contribution < 1.29 is 17.5 Å². The Morgan fingerprint density at radius 2 is 1.76 bits per heavy atom. The summed E-state index contributed by atoms with van der Waals surface area (Å²) in [6.07, 6.45) is 1.07. The Morgan fingerprint density at radius 3 is 2.42 bits per heavy atom. The Labute approximate surface area is 193 Å². The molecule has 33 heavy (non-hydrogen) atoms. The van der Waals surface area contributed by atoms with Crippen molar-refractivity contribution in [3.05, 3.63) is 65.1 Å². The van der Waals surface area contributed by atoms with Crippen LogP contribution in [0.4, 0.5) is 27.5 Å². The molecule has 1 aromatic heterocycles. The minimum absolute atomic E-state index is 0.0146. The minimum atomic E-state index is -3.63. The molecule has 2 aromatic carbocycles. The van der Waals surface area contributed by atoms with Crippen LogP contribution in [0.3, 0.4) is 0 Å². The van der Waals surface area contributed by atoms with E-state index in [-0.39, 0.29) is 24.9 Å². The third-order valence-corrected chi connectivity index (χ3v) is 5.92. The van der Waals surface area contributed by atoms with Crippen LogP contribution in [0.25, 0.3) is 0 Å². The van der Waals surface area contributed by atoms with Gasteiger partial charge in [0.25, 0.3) is 10.2 Å². The number of anilines is 4. The normalized spacial score (nSPS) is 11.3. The molecule has 0 atom stereocenters. The molecule has 0 spiro atoms. The second-order valence-electron chi connectivity index (χ2n) is 7.26. The first-order chi connectivity index (χ1) is 15.7. The Bertz CT molecular complexity index is 1210. The summed E-state index contributed by atoms with van der Waals surface area (Å²) >= 11 is 0. The van der Waals surface area contributed by atoms with E-state index in [0.29, 0.717) is 11.3 Å². The Hall–Kier alpha value is -3.28. The van der Waals surface area contributed by atoms with E-state index in [9.17, 15) is 12.8 Å². The van der Waals surface area contributed by atoms with Crippen LogP contribution < -0.4 is 24.8 Å². The highest BCUT2D eigenvalue weighted by Crippen LogP contribution is 2.28. The number of methoxy groups -OCH3 is 1. The van der Waals surface area contributed by atoms with E-state index in [1.807, 2.05) is 26.0 Å². The monoisotopic (exact) mass is 474 g/mol. The molecule has 9 nitrogen and oxygen atoms in total. The van der Waals surface area contributed by atoms with Crippen LogP contribution >= 0.6 is 0 Å². The Kier molecular flexibility index (Phi) is 7.79. The van der Waals surface area contributed by atoms with Crippen LogP contribution in [-0.4, -0.2) is 32.0 Å². The number of benzene rings is 2. The third-order valence-electron chi connectivity index (χ3n) is 4.72. The second kappa shape index (κ2) is 10.6. The summed E-state index contributed by atoms with van der Waals surface area (Å²) in [5, 5.41) is 6.01. The Morgan fingerprint density at radius 1 is 1.06 bits per heavy atom. The van der Waals surface area contributed by atoms with Crippen molar-refractivity contribution in [1.82, 2.24) is 19.4 Å². The molecule has 3 aromatic rings. The fraction of sp³-hybridized carbons (Fsp3) is 0.273. The van der Waals surface area contributed by atoms with Gasteiger partial charge >= 0.3 is 0 Å². The predicted molar refractivity (Wildman–Crippen MR) is 127 cm³/mol. The van der Waals surface area contributed by atoms with Gasteiger partial charge in [-0.05, 0) is 48.7 Å². The Balaban J connectivity index is 1.81. The van der Waals surface area contributed by atoms with Gasteiger partial charge in [-0.2, -0.15) is 18.1 Å². The van der Waals surface area contributed by atoms with Crippen molar-refractivity contribution in [1.29, 1.82) is 0 Å². The van der Waals surface area contributed by atoms with Crippen LogP contribution in [-0.2, 0) is 16.8 Å². The van der Waals surface area contributed by atoms with Gasteiger partial charge in [0.1, 0.15) is 5.75 Å². The molecule has 0 unspecified atom stereocenters. The summed E-state index contributed by atoms with van der Waals surface area (Å²) in [4.78, 5) is 8.27. The zero-order chi connectivity index (χ0) is 24.0. The number of hydrogen-bond donors (Lipinski definition) is 4. The first kappa shape index (κ1) is 24.4. The van der Waals surface area contributed by atoms with Gasteiger partial charge in [-0.3, -0.25) is 0 Å². The molecule has 0 aliphatic rings. The van der Waals surface area contributed by atoms with E-state index in [2.05, 4.69) is 30.0 Å². The van der Waals surface area contributed by atoms with E-state index in [1.165, 1.54) is 0 Å². The maximum atomic E-state index is 14.5. The lowest BCUT2D eigenvalue weighted by Crippen LogP contribution is -2.35. The summed E-state index contributed by atoms with van der Waals surface area (Å²) in [6.45, 7) is 5.82. The average Bonchev–Trinajstić information content (AvgIpc) is 2.75. The predicted octanol–water partition coefficient (Wildman–Crippen LogP) is 3.67. The maximum Gasteiger partial charge on any atom is 0.277 e. The molecule has 0 saturated carbocycles. The molecule has 0 aliphatic heterocycles. The highest BCUT2D eigenvalue weighted by atomic mass is 32.2. The van der Waals surface area contributed by atoms with Gasteiger partial charge in [-0.15, -0.1) is 0 Å². The van der Waals surface area contributed by atoms with Crippen molar-refractivity contribution in [3.63, 3.8) is 0 Å². The summed E-state index contributed by atoms with van der Waals surface area (Å²) in [7, 11) is -2.01. The lowest BCUT2D eigenvalue weighted by atomic mass is 10.1. The lowest BCUT2D eigenvalue weighted by Gasteiger charge is -2.15. The van der Waals surface area contributed by atoms with Gasteiger partial charge in [0, 0.05) is 24.5 Å². The SMILES string of the molecule is CCNS(=O)(=O)NCc1ccccc1Nc1nc(Nc2cc(C)c(OC)c(C)c2)ncc1F. The number of hydrogen-bond acceptors (Lipinski definition) is 7. The van der Waals surface area contributed by atoms with E-state index in [4.69, 9.17) is 4.74 Å². The fourth-order valence-corrected chi connectivity index (χ4v) is 4.15. The summed E-state index contributed by atoms with van der Waals surface area (Å²) in [6, 6.07) is 10.7. The average molecular weight is 475 g/mol. The zero-order valence-corrected chi connectivity index (χ0v) is 19.7. The van der Waals surface area contributed by atoms with Gasteiger partial charge in [-0.1, -0.05) is 25.1 Å². The molecule has 0 bridgehead atoms. The van der Waals surface area contributed by atoms with E-state index < -0.39 is 16.0 Å². The van der Waals surface area contributed by atoms with Gasteiger partial charge in [-0.25, -0.2) is 14.1 Å². The molecule has 0 radical (unpaired) electrons. The van der Waals surface area contributed by atoms with Gasteiger partial charge in [0.15, 0.2) is 11.6 Å². The first-order valence-electron chi connectivity index (χ1n) is 10.3. The largest absolute Gasteiger partial charge is 0.496 e. The van der Waals surface area contributed by atoms with Crippen LogP contribution in [0.5, 0.6) is 5.75 Å². The molecule has 1 heterocycles.